The number of ether oxygens (including phenoxy) is 1. The number of rotatable bonds is 4. The molecule has 0 spiro atoms. The Labute approximate surface area is 118 Å². The van der Waals surface area contributed by atoms with Gasteiger partial charge in [-0.15, -0.1) is 0 Å². The normalized spacial score (nSPS) is 18.4. The maximum Gasteiger partial charge on any atom is 0.119 e. The Morgan fingerprint density at radius 3 is 2.37 bits per heavy atom. The van der Waals surface area contributed by atoms with Crippen LogP contribution >= 0.6 is 0 Å². The van der Waals surface area contributed by atoms with Crippen LogP contribution in [-0.2, 0) is 6.42 Å². The molecule has 0 saturated heterocycles. The average Bonchev–Trinajstić information content (AvgIpc) is 2.54. The molecule has 1 aromatic carbocycles. The zero-order valence-electron chi connectivity index (χ0n) is 12.4. The topological polar surface area (TPSA) is 9.23 Å². The lowest BCUT2D eigenvalue weighted by atomic mass is 10.1. The third kappa shape index (κ3) is 5.26. The smallest absolute Gasteiger partial charge is 0.119 e. The SMILES string of the molecule is CCCc1cccc(OC2CCCCCCCC2)c1. The van der Waals surface area contributed by atoms with Crippen molar-refractivity contribution in [3.63, 3.8) is 0 Å². The predicted molar refractivity (Wildman–Crippen MR) is 81.8 cm³/mol. The van der Waals surface area contributed by atoms with Gasteiger partial charge in [-0.3, -0.25) is 0 Å². The molecule has 0 amide bonds. The van der Waals surface area contributed by atoms with Gasteiger partial charge in [0, 0.05) is 0 Å². The van der Waals surface area contributed by atoms with Gasteiger partial charge in [-0.05, 0) is 49.8 Å². The number of aryl methyl sites for hydroxylation is 1. The third-order valence-electron chi connectivity index (χ3n) is 4.04. The standard InChI is InChI=1S/C18H28O/c1-2-10-16-11-9-14-18(15-16)19-17-12-7-5-3-4-6-8-13-17/h9,11,14-15,17H,2-8,10,12-13H2,1H3. The highest BCUT2D eigenvalue weighted by atomic mass is 16.5. The van der Waals surface area contributed by atoms with Crippen LogP contribution in [0.15, 0.2) is 24.3 Å². The fraction of sp³-hybridized carbons (Fsp3) is 0.667. The zero-order valence-corrected chi connectivity index (χ0v) is 12.4. The minimum Gasteiger partial charge on any atom is -0.490 e. The second kappa shape index (κ2) is 8.24. The number of hydrogen-bond acceptors (Lipinski definition) is 1. The molecule has 1 nitrogen and oxygen atoms in total. The van der Waals surface area contributed by atoms with E-state index < -0.39 is 0 Å². The van der Waals surface area contributed by atoms with Crippen LogP contribution in [-0.4, -0.2) is 6.10 Å². The zero-order chi connectivity index (χ0) is 13.3. The highest BCUT2D eigenvalue weighted by molar-refractivity contribution is 5.28. The summed E-state index contributed by atoms with van der Waals surface area (Å²) in [5, 5.41) is 0. The van der Waals surface area contributed by atoms with E-state index in [2.05, 4.69) is 31.2 Å². The van der Waals surface area contributed by atoms with Gasteiger partial charge < -0.3 is 4.74 Å². The van der Waals surface area contributed by atoms with Crippen molar-refractivity contribution in [3.8, 4) is 5.75 Å². The maximum atomic E-state index is 6.23. The van der Waals surface area contributed by atoms with Crippen molar-refractivity contribution in [1.29, 1.82) is 0 Å². The Bertz CT molecular complexity index is 348. The van der Waals surface area contributed by atoms with E-state index in [1.165, 1.54) is 63.4 Å². The molecule has 0 aliphatic heterocycles. The largest absolute Gasteiger partial charge is 0.490 e. The van der Waals surface area contributed by atoms with Crippen LogP contribution in [0.2, 0.25) is 0 Å². The Kier molecular flexibility index (Phi) is 6.26. The molecule has 106 valence electrons. The van der Waals surface area contributed by atoms with Crippen LogP contribution < -0.4 is 4.74 Å². The summed E-state index contributed by atoms with van der Waals surface area (Å²) in [5.74, 6) is 1.08. The molecule has 2 rings (SSSR count). The van der Waals surface area contributed by atoms with Crippen LogP contribution in [0.3, 0.4) is 0 Å². The van der Waals surface area contributed by atoms with Crippen molar-refractivity contribution >= 4 is 0 Å². The van der Waals surface area contributed by atoms with Crippen LogP contribution in [0.25, 0.3) is 0 Å². The van der Waals surface area contributed by atoms with Crippen LogP contribution in [0.1, 0.15) is 70.3 Å². The summed E-state index contributed by atoms with van der Waals surface area (Å²) >= 11 is 0. The predicted octanol–water partition coefficient (Wildman–Crippen LogP) is 5.52. The van der Waals surface area contributed by atoms with E-state index in [4.69, 9.17) is 4.74 Å². The van der Waals surface area contributed by atoms with Crippen molar-refractivity contribution in [2.75, 3.05) is 0 Å². The van der Waals surface area contributed by atoms with Gasteiger partial charge in [-0.25, -0.2) is 0 Å². The van der Waals surface area contributed by atoms with Gasteiger partial charge in [0.15, 0.2) is 0 Å². The summed E-state index contributed by atoms with van der Waals surface area (Å²) in [7, 11) is 0. The van der Waals surface area contributed by atoms with E-state index in [9.17, 15) is 0 Å². The van der Waals surface area contributed by atoms with E-state index >= 15 is 0 Å². The molecule has 0 aromatic heterocycles. The Balaban J connectivity index is 1.91. The number of benzene rings is 1. The quantitative estimate of drug-likeness (QED) is 0.692. The van der Waals surface area contributed by atoms with Crippen molar-refractivity contribution in [2.24, 2.45) is 0 Å². The Hall–Kier alpha value is -0.980. The van der Waals surface area contributed by atoms with Gasteiger partial charge >= 0.3 is 0 Å². The Morgan fingerprint density at radius 1 is 1.00 bits per heavy atom. The second-order valence-corrected chi connectivity index (χ2v) is 5.84. The molecule has 1 aromatic rings. The summed E-state index contributed by atoms with van der Waals surface area (Å²) < 4.78 is 6.23. The molecular weight excluding hydrogens is 232 g/mol. The molecule has 19 heavy (non-hydrogen) atoms. The molecule has 0 atom stereocenters. The second-order valence-electron chi connectivity index (χ2n) is 5.84. The van der Waals surface area contributed by atoms with E-state index in [0.717, 1.165) is 12.2 Å². The lowest BCUT2D eigenvalue weighted by Gasteiger charge is -2.19. The van der Waals surface area contributed by atoms with Gasteiger partial charge in [0.1, 0.15) is 5.75 Å². The summed E-state index contributed by atoms with van der Waals surface area (Å²) in [5.41, 5.74) is 1.41. The van der Waals surface area contributed by atoms with E-state index in [1.54, 1.807) is 0 Å². The van der Waals surface area contributed by atoms with E-state index in [0.29, 0.717) is 6.10 Å². The van der Waals surface area contributed by atoms with Gasteiger partial charge in [0.25, 0.3) is 0 Å². The van der Waals surface area contributed by atoms with Gasteiger partial charge in [0.2, 0.25) is 0 Å². The maximum absolute atomic E-state index is 6.23. The summed E-state index contributed by atoms with van der Waals surface area (Å²) in [6.45, 7) is 2.23. The molecule has 1 aliphatic carbocycles. The molecule has 0 N–H and O–H groups in total. The fourth-order valence-electron chi connectivity index (χ4n) is 2.97. The fourth-order valence-corrected chi connectivity index (χ4v) is 2.97. The minimum absolute atomic E-state index is 0.440. The average molecular weight is 260 g/mol. The first-order chi connectivity index (χ1) is 9.38. The minimum atomic E-state index is 0.440. The molecule has 1 heteroatoms. The van der Waals surface area contributed by atoms with Crippen LogP contribution in [0, 0.1) is 0 Å². The highest BCUT2D eigenvalue weighted by Gasteiger charge is 2.12. The Morgan fingerprint density at radius 2 is 1.68 bits per heavy atom. The first-order valence-corrected chi connectivity index (χ1v) is 8.14. The molecular formula is C18H28O. The van der Waals surface area contributed by atoms with Gasteiger partial charge in [-0.2, -0.15) is 0 Å². The van der Waals surface area contributed by atoms with Crippen molar-refractivity contribution < 1.29 is 4.74 Å². The summed E-state index contributed by atoms with van der Waals surface area (Å²) in [6, 6.07) is 8.69. The van der Waals surface area contributed by atoms with Crippen LogP contribution in [0.5, 0.6) is 5.75 Å². The summed E-state index contributed by atoms with van der Waals surface area (Å²) in [4.78, 5) is 0. The first-order valence-electron chi connectivity index (χ1n) is 8.14. The molecule has 0 radical (unpaired) electrons. The van der Waals surface area contributed by atoms with Gasteiger partial charge in [0.05, 0.1) is 6.10 Å². The molecule has 1 saturated carbocycles. The molecule has 0 unspecified atom stereocenters. The summed E-state index contributed by atoms with van der Waals surface area (Å²) in [6.07, 6.45) is 13.5. The van der Waals surface area contributed by atoms with Crippen LogP contribution in [0.4, 0.5) is 0 Å². The molecule has 0 heterocycles. The molecule has 0 bridgehead atoms. The monoisotopic (exact) mass is 260 g/mol. The third-order valence-corrected chi connectivity index (χ3v) is 4.04. The van der Waals surface area contributed by atoms with Crippen molar-refractivity contribution in [1.82, 2.24) is 0 Å². The number of hydrogen-bond donors (Lipinski definition) is 0. The molecule has 1 fully saturated rings. The van der Waals surface area contributed by atoms with E-state index in [1.807, 2.05) is 0 Å². The first kappa shape index (κ1) is 14.4. The highest BCUT2D eigenvalue weighted by Crippen LogP contribution is 2.23. The van der Waals surface area contributed by atoms with Crippen molar-refractivity contribution in [2.45, 2.75) is 77.2 Å². The lowest BCUT2D eigenvalue weighted by Crippen LogP contribution is -2.16. The van der Waals surface area contributed by atoms with E-state index in [-0.39, 0.29) is 0 Å². The van der Waals surface area contributed by atoms with Crippen molar-refractivity contribution in [3.05, 3.63) is 29.8 Å². The molecule has 1 aliphatic rings. The van der Waals surface area contributed by atoms with Gasteiger partial charge in [-0.1, -0.05) is 51.2 Å². The lowest BCUT2D eigenvalue weighted by molar-refractivity contribution is 0.176.